The maximum atomic E-state index is 13.3. The average molecular weight is 315 g/mol. The molecule has 2 rings (SSSR count). The van der Waals surface area contributed by atoms with Gasteiger partial charge in [-0.15, -0.1) is 0 Å². The zero-order valence-corrected chi connectivity index (χ0v) is 11.8. The molecule has 1 saturated heterocycles. The van der Waals surface area contributed by atoms with Crippen molar-refractivity contribution in [3.8, 4) is 0 Å². The summed E-state index contributed by atoms with van der Waals surface area (Å²) in [6.07, 6.45) is 1.92. The smallest absolute Gasteiger partial charge is 0.241 e. The van der Waals surface area contributed by atoms with Crippen molar-refractivity contribution in [2.24, 2.45) is 5.92 Å². The van der Waals surface area contributed by atoms with Gasteiger partial charge in [0.25, 0.3) is 0 Å². The summed E-state index contributed by atoms with van der Waals surface area (Å²) in [5.74, 6) is 0.0738. The van der Waals surface area contributed by atoms with E-state index in [1.807, 2.05) is 0 Å². The summed E-state index contributed by atoms with van der Waals surface area (Å²) in [4.78, 5) is 12.0. The van der Waals surface area contributed by atoms with E-state index in [2.05, 4.69) is 33.5 Å². The fourth-order valence-corrected chi connectivity index (χ4v) is 2.36. The van der Waals surface area contributed by atoms with Gasteiger partial charge in [0.05, 0.1) is 10.5 Å². The van der Waals surface area contributed by atoms with E-state index in [9.17, 15) is 9.18 Å². The number of piperidine rings is 1. The van der Waals surface area contributed by atoms with Gasteiger partial charge in [-0.05, 0) is 59.4 Å². The topological polar surface area (TPSA) is 41.1 Å². The quantitative estimate of drug-likeness (QED) is 0.881. The van der Waals surface area contributed by atoms with E-state index in [4.69, 9.17) is 0 Å². The molecule has 1 aliphatic rings. The molecule has 1 aromatic carbocycles. The molecule has 0 saturated carbocycles. The molecule has 2 N–H and O–H groups in total. The number of rotatable bonds is 2. The highest BCUT2D eigenvalue weighted by molar-refractivity contribution is 9.10. The predicted molar refractivity (Wildman–Crippen MR) is 72.9 cm³/mol. The van der Waals surface area contributed by atoms with Gasteiger partial charge in [0, 0.05) is 5.69 Å². The molecule has 2 unspecified atom stereocenters. The Morgan fingerprint density at radius 1 is 1.56 bits per heavy atom. The lowest BCUT2D eigenvalue weighted by Crippen LogP contribution is -2.45. The Labute approximate surface area is 114 Å². The van der Waals surface area contributed by atoms with E-state index in [1.54, 1.807) is 12.1 Å². The Bertz CT molecular complexity index is 453. The van der Waals surface area contributed by atoms with Crippen molar-refractivity contribution in [1.29, 1.82) is 0 Å². The van der Waals surface area contributed by atoms with Gasteiger partial charge in [0.2, 0.25) is 5.91 Å². The van der Waals surface area contributed by atoms with Crippen LogP contribution in [0.1, 0.15) is 19.8 Å². The number of carbonyl (C=O) groups is 1. The number of hydrogen-bond acceptors (Lipinski definition) is 2. The van der Waals surface area contributed by atoms with Crippen LogP contribution in [-0.2, 0) is 4.79 Å². The standard InChI is InChI=1S/C13H16BrFN2O/c1-8-4-5-16-12(6-8)13(18)17-9-2-3-10(14)11(15)7-9/h2-3,7-8,12,16H,4-6H2,1H3,(H,17,18). The lowest BCUT2D eigenvalue weighted by molar-refractivity contribution is -0.119. The van der Waals surface area contributed by atoms with Gasteiger partial charge >= 0.3 is 0 Å². The summed E-state index contributed by atoms with van der Waals surface area (Å²) in [6.45, 7) is 2.99. The summed E-state index contributed by atoms with van der Waals surface area (Å²) in [5.41, 5.74) is 0.487. The van der Waals surface area contributed by atoms with Crippen LogP contribution in [0.2, 0.25) is 0 Å². The van der Waals surface area contributed by atoms with Crippen LogP contribution in [0.15, 0.2) is 22.7 Å². The van der Waals surface area contributed by atoms with E-state index in [-0.39, 0.29) is 17.8 Å². The maximum Gasteiger partial charge on any atom is 0.241 e. The van der Waals surface area contributed by atoms with Gasteiger partial charge in [0.1, 0.15) is 5.82 Å². The van der Waals surface area contributed by atoms with Gasteiger partial charge < -0.3 is 10.6 Å². The van der Waals surface area contributed by atoms with E-state index in [0.717, 1.165) is 19.4 Å². The fourth-order valence-electron chi connectivity index (χ4n) is 2.11. The first-order valence-electron chi connectivity index (χ1n) is 6.05. The van der Waals surface area contributed by atoms with Crippen LogP contribution in [0.4, 0.5) is 10.1 Å². The highest BCUT2D eigenvalue weighted by Crippen LogP contribution is 2.20. The van der Waals surface area contributed by atoms with Crippen molar-refractivity contribution in [3.63, 3.8) is 0 Å². The third kappa shape index (κ3) is 3.29. The largest absolute Gasteiger partial charge is 0.325 e. The minimum absolute atomic E-state index is 0.0942. The highest BCUT2D eigenvalue weighted by atomic mass is 79.9. The second kappa shape index (κ2) is 5.80. The lowest BCUT2D eigenvalue weighted by Gasteiger charge is -2.27. The Morgan fingerprint density at radius 3 is 3.00 bits per heavy atom. The van der Waals surface area contributed by atoms with Gasteiger partial charge in [-0.1, -0.05) is 6.92 Å². The number of carbonyl (C=O) groups excluding carboxylic acids is 1. The molecule has 18 heavy (non-hydrogen) atoms. The number of amides is 1. The van der Waals surface area contributed by atoms with Crippen LogP contribution in [0.3, 0.4) is 0 Å². The first-order valence-corrected chi connectivity index (χ1v) is 6.85. The Kier molecular flexibility index (Phi) is 4.35. The Hall–Kier alpha value is -0.940. The zero-order chi connectivity index (χ0) is 13.1. The van der Waals surface area contributed by atoms with Crippen molar-refractivity contribution in [1.82, 2.24) is 5.32 Å². The summed E-state index contributed by atoms with van der Waals surface area (Å²) < 4.78 is 13.7. The molecule has 0 bridgehead atoms. The van der Waals surface area contributed by atoms with Crippen LogP contribution in [0, 0.1) is 11.7 Å². The number of nitrogens with one attached hydrogen (secondary N) is 2. The first kappa shape index (κ1) is 13.5. The van der Waals surface area contributed by atoms with Crippen molar-refractivity contribution in [2.75, 3.05) is 11.9 Å². The van der Waals surface area contributed by atoms with E-state index < -0.39 is 0 Å². The van der Waals surface area contributed by atoms with Crippen LogP contribution in [0.5, 0.6) is 0 Å². The summed E-state index contributed by atoms with van der Waals surface area (Å²) in [7, 11) is 0. The molecule has 3 nitrogen and oxygen atoms in total. The third-order valence-corrected chi connectivity index (χ3v) is 3.81. The van der Waals surface area contributed by atoms with Crippen molar-refractivity contribution >= 4 is 27.5 Å². The molecule has 0 aliphatic carbocycles. The average Bonchev–Trinajstić information content (AvgIpc) is 2.34. The van der Waals surface area contributed by atoms with Crippen LogP contribution >= 0.6 is 15.9 Å². The molecule has 1 aromatic rings. The van der Waals surface area contributed by atoms with Gasteiger partial charge in [-0.25, -0.2) is 4.39 Å². The second-order valence-electron chi connectivity index (χ2n) is 4.75. The van der Waals surface area contributed by atoms with Gasteiger partial charge in [-0.3, -0.25) is 4.79 Å². The number of halogens is 2. The lowest BCUT2D eigenvalue weighted by atomic mass is 9.94. The minimum atomic E-state index is -0.377. The van der Waals surface area contributed by atoms with Crippen LogP contribution in [0.25, 0.3) is 0 Å². The molecule has 98 valence electrons. The monoisotopic (exact) mass is 314 g/mol. The number of benzene rings is 1. The Morgan fingerprint density at radius 2 is 2.33 bits per heavy atom. The highest BCUT2D eigenvalue weighted by Gasteiger charge is 2.24. The molecule has 5 heteroatoms. The minimum Gasteiger partial charge on any atom is -0.325 e. The predicted octanol–water partition coefficient (Wildman–Crippen LogP) is 2.91. The van der Waals surface area contributed by atoms with E-state index >= 15 is 0 Å². The van der Waals surface area contributed by atoms with E-state index in [0.29, 0.717) is 16.1 Å². The molecule has 2 atom stereocenters. The molecule has 0 spiro atoms. The summed E-state index contributed by atoms with van der Waals surface area (Å²) >= 11 is 3.08. The molecule has 1 aliphatic heterocycles. The van der Waals surface area contributed by atoms with Crippen molar-refractivity contribution in [3.05, 3.63) is 28.5 Å². The zero-order valence-electron chi connectivity index (χ0n) is 10.2. The van der Waals surface area contributed by atoms with Crippen molar-refractivity contribution in [2.45, 2.75) is 25.8 Å². The summed E-state index contributed by atoms with van der Waals surface area (Å²) in [6, 6.07) is 4.40. The molecule has 1 heterocycles. The number of anilines is 1. The molecule has 0 radical (unpaired) electrons. The van der Waals surface area contributed by atoms with Crippen molar-refractivity contribution < 1.29 is 9.18 Å². The molecule has 0 aromatic heterocycles. The van der Waals surface area contributed by atoms with E-state index in [1.165, 1.54) is 6.07 Å². The van der Waals surface area contributed by atoms with Gasteiger partial charge in [0.15, 0.2) is 0 Å². The first-order chi connectivity index (χ1) is 8.56. The fraction of sp³-hybridized carbons (Fsp3) is 0.462. The maximum absolute atomic E-state index is 13.3. The molecule has 1 fully saturated rings. The molecular formula is C13H16BrFN2O. The second-order valence-corrected chi connectivity index (χ2v) is 5.61. The van der Waals surface area contributed by atoms with Crippen LogP contribution < -0.4 is 10.6 Å². The normalized spacial score (nSPS) is 23.7. The Balaban J connectivity index is 2.00. The van der Waals surface area contributed by atoms with Gasteiger partial charge in [-0.2, -0.15) is 0 Å². The van der Waals surface area contributed by atoms with Crippen LogP contribution in [-0.4, -0.2) is 18.5 Å². The summed E-state index contributed by atoms with van der Waals surface area (Å²) in [5, 5.41) is 5.92. The SMILES string of the molecule is CC1CCNC(C(=O)Nc2ccc(Br)c(F)c2)C1. The molecular weight excluding hydrogens is 299 g/mol. The molecule has 1 amide bonds. The third-order valence-electron chi connectivity index (χ3n) is 3.17. The number of hydrogen-bond donors (Lipinski definition) is 2.